The molecule has 0 bridgehead atoms. The molecule has 2 nitrogen and oxygen atoms in total. The van der Waals surface area contributed by atoms with Crippen molar-refractivity contribution in [3.05, 3.63) is 30.6 Å². The first-order valence-corrected chi connectivity index (χ1v) is 2.66. The van der Waals surface area contributed by atoms with E-state index in [9.17, 15) is 0 Å². The van der Waals surface area contributed by atoms with Crippen LogP contribution in [0, 0.1) is 0 Å². The van der Waals surface area contributed by atoms with Gasteiger partial charge in [-0.05, 0) is 12.1 Å². The van der Waals surface area contributed by atoms with Gasteiger partial charge in [-0.3, -0.25) is 0 Å². The van der Waals surface area contributed by atoms with Gasteiger partial charge >= 0.3 is 0 Å². The van der Waals surface area contributed by atoms with Gasteiger partial charge in [0.15, 0.2) is 12.0 Å². The van der Waals surface area contributed by atoms with Gasteiger partial charge in [0.25, 0.3) is 0 Å². The number of aromatic nitrogens is 1. The van der Waals surface area contributed by atoms with Crippen molar-refractivity contribution in [1.82, 2.24) is 4.98 Å². The second-order valence-corrected chi connectivity index (χ2v) is 1.75. The Kier molecular flexibility index (Phi) is 0.646. The lowest BCUT2D eigenvalue weighted by Crippen LogP contribution is -1.61. The van der Waals surface area contributed by atoms with Crippen LogP contribution in [-0.2, 0) is 0 Å². The van der Waals surface area contributed by atoms with Crippen molar-refractivity contribution in [3.63, 3.8) is 0 Å². The molecule has 2 rings (SSSR count). The molecule has 9 heavy (non-hydrogen) atoms. The summed E-state index contributed by atoms with van der Waals surface area (Å²) in [6, 6.07) is 5.54. The smallest absolute Gasteiger partial charge is 0.181 e. The lowest BCUT2D eigenvalue weighted by atomic mass is 10.3. The number of nitrogens with zero attached hydrogens (tertiary/aromatic N) is 1. The van der Waals surface area contributed by atoms with E-state index in [1.165, 1.54) is 6.39 Å². The fourth-order valence-corrected chi connectivity index (χ4v) is 0.748. The molecule has 0 spiro atoms. The molecule has 0 atom stereocenters. The predicted molar refractivity (Wildman–Crippen MR) is 34.0 cm³/mol. The van der Waals surface area contributed by atoms with E-state index in [-0.39, 0.29) is 0 Å². The third kappa shape index (κ3) is 0.598. The maximum absolute atomic E-state index is 7.23. The summed E-state index contributed by atoms with van der Waals surface area (Å²) in [6.07, 6.45) is 1.38. The van der Waals surface area contributed by atoms with Crippen molar-refractivity contribution in [1.29, 1.82) is 0 Å². The van der Waals surface area contributed by atoms with Gasteiger partial charge in [0.05, 0.1) is 1.37 Å². The summed E-state index contributed by atoms with van der Waals surface area (Å²) in [5, 5.41) is 0. The van der Waals surface area contributed by atoms with Crippen LogP contribution >= 0.6 is 0 Å². The fraction of sp³-hybridized carbons (Fsp3) is 0. The summed E-state index contributed by atoms with van der Waals surface area (Å²) < 4.78 is 12.2. The van der Waals surface area contributed by atoms with Crippen molar-refractivity contribution in [2.75, 3.05) is 0 Å². The first-order chi connectivity index (χ1) is 4.86. The Bertz CT molecular complexity index is 355. The summed E-state index contributed by atoms with van der Waals surface area (Å²) in [4.78, 5) is 3.91. The van der Waals surface area contributed by atoms with E-state index in [1.54, 1.807) is 18.2 Å². The molecule has 0 saturated carbocycles. The van der Waals surface area contributed by atoms with E-state index in [0.717, 1.165) is 5.52 Å². The third-order valence-corrected chi connectivity index (χ3v) is 1.18. The van der Waals surface area contributed by atoms with E-state index in [2.05, 4.69) is 4.98 Å². The van der Waals surface area contributed by atoms with Gasteiger partial charge < -0.3 is 4.42 Å². The van der Waals surface area contributed by atoms with E-state index < -0.39 is 0 Å². The van der Waals surface area contributed by atoms with Gasteiger partial charge in [-0.15, -0.1) is 0 Å². The van der Waals surface area contributed by atoms with Gasteiger partial charge in [0.1, 0.15) is 5.52 Å². The summed E-state index contributed by atoms with van der Waals surface area (Å²) in [5.74, 6) is 0. The number of para-hydroxylation sites is 2. The van der Waals surface area contributed by atoms with Crippen LogP contribution in [-0.4, -0.2) is 4.98 Å². The van der Waals surface area contributed by atoms with Crippen LogP contribution in [0.25, 0.3) is 11.1 Å². The molecule has 0 aliphatic heterocycles. The third-order valence-electron chi connectivity index (χ3n) is 1.18. The molecule has 44 valence electrons. The minimum atomic E-state index is 0.448. The Morgan fingerprint density at radius 2 is 2.56 bits per heavy atom. The zero-order valence-corrected chi connectivity index (χ0v) is 4.66. The van der Waals surface area contributed by atoms with E-state index in [1.807, 2.05) is 0 Å². The number of hydrogen-bond acceptors (Lipinski definition) is 2. The number of hydrogen-bond donors (Lipinski definition) is 0. The largest absolute Gasteiger partial charge is 0.443 e. The van der Waals surface area contributed by atoms with Gasteiger partial charge in [-0.1, -0.05) is 12.1 Å². The predicted octanol–water partition coefficient (Wildman–Crippen LogP) is 1.83. The topological polar surface area (TPSA) is 26.0 Å². The highest BCUT2D eigenvalue weighted by molar-refractivity contribution is 5.71. The summed E-state index contributed by atoms with van der Waals surface area (Å²) in [5.41, 5.74) is 1.48. The van der Waals surface area contributed by atoms with Crippen LogP contribution in [0.3, 0.4) is 0 Å². The molecule has 0 radical (unpaired) electrons. The number of fused-ring (bicyclic) bond motifs is 1. The van der Waals surface area contributed by atoms with Crippen molar-refractivity contribution in [3.8, 4) is 0 Å². The van der Waals surface area contributed by atoms with Crippen LogP contribution in [0.1, 0.15) is 1.37 Å². The standard InChI is InChI=1S/C7H5NO/c1-2-4-7-6(3-1)8-5-9-7/h1-5H/i2D. The quantitative estimate of drug-likeness (QED) is 0.530. The summed E-state index contributed by atoms with van der Waals surface area (Å²) >= 11 is 0. The van der Waals surface area contributed by atoms with Gasteiger partial charge in [-0.25, -0.2) is 4.98 Å². The highest BCUT2D eigenvalue weighted by Gasteiger charge is 1.91. The van der Waals surface area contributed by atoms with Gasteiger partial charge in [-0.2, -0.15) is 0 Å². The van der Waals surface area contributed by atoms with E-state index in [4.69, 9.17) is 5.79 Å². The summed E-state index contributed by atoms with van der Waals surface area (Å²) in [7, 11) is 0. The maximum atomic E-state index is 7.23. The Morgan fingerprint density at radius 1 is 1.56 bits per heavy atom. The molecule has 0 aliphatic rings. The molecule has 0 unspecified atom stereocenters. The molecule has 0 fully saturated rings. The Labute approximate surface area is 53.5 Å². The Balaban J connectivity index is 2.86. The highest BCUT2D eigenvalue weighted by atomic mass is 16.3. The fourth-order valence-electron chi connectivity index (χ4n) is 0.748. The molecule has 2 heteroatoms. The van der Waals surface area contributed by atoms with Crippen LogP contribution in [0.2, 0.25) is 0 Å². The van der Waals surface area contributed by atoms with Crippen molar-refractivity contribution >= 4 is 11.1 Å². The van der Waals surface area contributed by atoms with Gasteiger partial charge in [0.2, 0.25) is 0 Å². The molecule has 0 saturated heterocycles. The van der Waals surface area contributed by atoms with E-state index >= 15 is 0 Å². The Hall–Kier alpha value is -1.31. The molecular weight excluding hydrogens is 114 g/mol. The maximum Gasteiger partial charge on any atom is 0.181 e. The number of oxazole rings is 1. The average Bonchev–Trinajstić information content (AvgIpc) is 2.33. The lowest BCUT2D eigenvalue weighted by molar-refractivity contribution is 0.602. The first kappa shape index (κ1) is 3.67. The second-order valence-electron chi connectivity index (χ2n) is 1.75. The molecule has 1 aromatic carbocycles. The SMILES string of the molecule is [2H]c1ccc2ncoc2c1. The molecule has 1 heterocycles. The van der Waals surface area contributed by atoms with Crippen molar-refractivity contribution in [2.24, 2.45) is 0 Å². The highest BCUT2D eigenvalue weighted by Crippen LogP contribution is 2.09. The molecule has 2 aromatic rings. The normalized spacial score (nSPS) is 11.8. The zero-order chi connectivity index (χ0) is 6.97. The zero-order valence-electron chi connectivity index (χ0n) is 5.66. The Morgan fingerprint density at radius 3 is 3.56 bits per heavy atom. The van der Waals surface area contributed by atoms with Crippen LogP contribution in [0.4, 0.5) is 0 Å². The monoisotopic (exact) mass is 120 g/mol. The number of benzene rings is 1. The minimum Gasteiger partial charge on any atom is -0.443 e. The second kappa shape index (κ2) is 1.58. The molecule has 1 aromatic heterocycles. The number of rotatable bonds is 0. The van der Waals surface area contributed by atoms with Crippen LogP contribution < -0.4 is 0 Å². The molecule has 0 aliphatic carbocycles. The molecule has 0 amide bonds. The summed E-state index contributed by atoms with van der Waals surface area (Å²) in [6.45, 7) is 0. The van der Waals surface area contributed by atoms with E-state index in [0.29, 0.717) is 11.6 Å². The average molecular weight is 120 g/mol. The molecule has 0 N–H and O–H groups in total. The lowest BCUT2D eigenvalue weighted by Gasteiger charge is -1.79. The van der Waals surface area contributed by atoms with Gasteiger partial charge in [0, 0.05) is 0 Å². The molecular formula is C7H5NO. The van der Waals surface area contributed by atoms with Crippen molar-refractivity contribution < 1.29 is 5.79 Å². The van der Waals surface area contributed by atoms with Crippen molar-refractivity contribution in [2.45, 2.75) is 0 Å². The minimum absolute atomic E-state index is 0.448. The van der Waals surface area contributed by atoms with Crippen LogP contribution in [0.5, 0.6) is 0 Å². The first-order valence-electron chi connectivity index (χ1n) is 3.16. The van der Waals surface area contributed by atoms with Crippen LogP contribution in [0.15, 0.2) is 35.1 Å².